The molecule has 1 fully saturated rings. The molecule has 3 rings (SSSR count). The van der Waals surface area contributed by atoms with E-state index in [-0.39, 0.29) is 6.03 Å². The maximum Gasteiger partial charge on any atom is 0.317 e. The van der Waals surface area contributed by atoms with E-state index in [9.17, 15) is 4.79 Å². The van der Waals surface area contributed by atoms with Crippen molar-refractivity contribution in [2.24, 2.45) is 5.92 Å². The van der Waals surface area contributed by atoms with Gasteiger partial charge in [0.2, 0.25) is 11.7 Å². The molecule has 128 valence electrons. The molecule has 24 heavy (non-hydrogen) atoms. The fraction of sp³-hybridized carbons (Fsp3) is 0.562. The van der Waals surface area contributed by atoms with Gasteiger partial charge in [-0.15, -0.1) is 0 Å². The van der Waals surface area contributed by atoms with E-state index >= 15 is 0 Å². The number of piperidine rings is 1. The monoisotopic (exact) mass is 330 g/mol. The number of carbonyl (C=O) groups excluding carboxylic acids is 1. The largest absolute Gasteiger partial charge is 0.339 e. The highest BCUT2D eigenvalue weighted by atomic mass is 16.5. The highest BCUT2D eigenvalue weighted by molar-refractivity contribution is 5.74. The van der Waals surface area contributed by atoms with Crippen LogP contribution < -0.4 is 5.32 Å². The van der Waals surface area contributed by atoms with Crippen LogP contribution in [0.1, 0.15) is 32.1 Å². The van der Waals surface area contributed by atoms with Gasteiger partial charge in [-0.3, -0.25) is 4.98 Å². The number of rotatable bonds is 5. The van der Waals surface area contributed by atoms with Crippen molar-refractivity contribution in [3.63, 3.8) is 0 Å². The lowest BCUT2D eigenvalue weighted by molar-refractivity contribution is 0.161. The normalized spacial score (nSPS) is 17.7. The van der Waals surface area contributed by atoms with E-state index in [1.54, 1.807) is 18.6 Å². The topological polar surface area (TPSA) is 97.0 Å². The molecule has 1 saturated heterocycles. The summed E-state index contributed by atoms with van der Waals surface area (Å²) in [5.74, 6) is 1.37. The number of aromatic nitrogens is 4. The maximum atomic E-state index is 12.1. The second-order valence-electron chi connectivity index (χ2n) is 5.99. The molecule has 0 aliphatic carbocycles. The minimum atomic E-state index is 0.0207. The summed E-state index contributed by atoms with van der Waals surface area (Å²) in [5, 5.41) is 6.90. The molecular formula is C16H22N6O2. The summed E-state index contributed by atoms with van der Waals surface area (Å²) >= 11 is 0. The molecule has 0 aromatic carbocycles. The van der Waals surface area contributed by atoms with Crippen molar-refractivity contribution >= 4 is 6.03 Å². The van der Waals surface area contributed by atoms with Gasteiger partial charge in [0.1, 0.15) is 5.69 Å². The number of likely N-dealkylation sites (tertiary alicyclic amines) is 1. The van der Waals surface area contributed by atoms with Gasteiger partial charge in [-0.05, 0) is 25.2 Å². The Morgan fingerprint density at radius 1 is 1.46 bits per heavy atom. The van der Waals surface area contributed by atoms with Crippen molar-refractivity contribution in [2.45, 2.75) is 32.6 Å². The SMILES string of the molecule is CCCNC(=O)N1CCCC(Cc2nc(-c3cnccn3)no2)C1. The van der Waals surface area contributed by atoms with E-state index in [0.29, 0.717) is 36.3 Å². The summed E-state index contributed by atoms with van der Waals surface area (Å²) < 4.78 is 5.33. The molecule has 0 bridgehead atoms. The molecule has 1 atom stereocenters. The number of nitrogens with zero attached hydrogens (tertiary/aromatic N) is 5. The third-order valence-corrected chi connectivity index (χ3v) is 4.06. The molecule has 8 nitrogen and oxygen atoms in total. The predicted molar refractivity (Wildman–Crippen MR) is 87.0 cm³/mol. The van der Waals surface area contributed by atoms with Gasteiger partial charge in [0.25, 0.3) is 0 Å². The fourth-order valence-corrected chi connectivity index (χ4v) is 2.86. The average Bonchev–Trinajstić information content (AvgIpc) is 3.09. The lowest BCUT2D eigenvalue weighted by atomic mass is 9.95. The first-order valence-electron chi connectivity index (χ1n) is 8.38. The van der Waals surface area contributed by atoms with Crippen LogP contribution in [0.4, 0.5) is 4.79 Å². The Morgan fingerprint density at radius 3 is 3.17 bits per heavy atom. The van der Waals surface area contributed by atoms with E-state index in [4.69, 9.17) is 4.52 Å². The molecule has 3 heterocycles. The molecule has 2 aromatic heterocycles. The Hall–Kier alpha value is -2.51. The first kappa shape index (κ1) is 16.4. The van der Waals surface area contributed by atoms with Gasteiger partial charge >= 0.3 is 6.03 Å². The molecule has 1 unspecified atom stereocenters. The molecular weight excluding hydrogens is 308 g/mol. The van der Waals surface area contributed by atoms with E-state index in [1.807, 2.05) is 11.8 Å². The summed E-state index contributed by atoms with van der Waals surface area (Å²) in [4.78, 5) is 26.5. The van der Waals surface area contributed by atoms with Crippen LogP contribution in [-0.4, -0.2) is 50.7 Å². The van der Waals surface area contributed by atoms with Gasteiger partial charge in [0.05, 0.1) is 6.20 Å². The summed E-state index contributed by atoms with van der Waals surface area (Å²) in [6.07, 6.45) is 8.47. The van der Waals surface area contributed by atoms with Crippen molar-refractivity contribution in [1.29, 1.82) is 0 Å². The average molecular weight is 330 g/mol. The van der Waals surface area contributed by atoms with Gasteiger partial charge in [0.15, 0.2) is 0 Å². The minimum absolute atomic E-state index is 0.0207. The number of nitrogens with one attached hydrogen (secondary N) is 1. The third kappa shape index (κ3) is 4.06. The van der Waals surface area contributed by atoms with E-state index in [2.05, 4.69) is 25.4 Å². The molecule has 1 aliphatic heterocycles. The Kier molecular flexibility index (Phi) is 5.35. The van der Waals surface area contributed by atoms with E-state index in [1.165, 1.54) is 0 Å². The van der Waals surface area contributed by atoms with Crippen LogP contribution in [-0.2, 0) is 6.42 Å². The standard InChI is InChI=1S/C16H22N6O2/c1-2-5-19-16(23)22-8-3-4-12(11-22)9-14-20-15(21-24-14)13-10-17-6-7-18-13/h6-7,10,12H,2-5,8-9,11H2,1H3,(H,19,23). The van der Waals surface area contributed by atoms with Crippen LogP contribution >= 0.6 is 0 Å². The van der Waals surface area contributed by atoms with E-state index in [0.717, 1.165) is 32.4 Å². The summed E-state index contributed by atoms with van der Waals surface area (Å²) in [7, 11) is 0. The van der Waals surface area contributed by atoms with Crippen molar-refractivity contribution < 1.29 is 9.32 Å². The smallest absolute Gasteiger partial charge is 0.317 e. The number of amides is 2. The number of hydrogen-bond donors (Lipinski definition) is 1. The van der Waals surface area contributed by atoms with Crippen molar-refractivity contribution in [1.82, 2.24) is 30.3 Å². The zero-order chi connectivity index (χ0) is 16.8. The Bertz CT molecular complexity index is 660. The lowest BCUT2D eigenvalue weighted by Crippen LogP contribution is -2.46. The fourth-order valence-electron chi connectivity index (χ4n) is 2.86. The third-order valence-electron chi connectivity index (χ3n) is 4.06. The highest BCUT2D eigenvalue weighted by Crippen LogP contribution is 2.21. The van der Waals surface area contributed by atoms with Gasteiger partial charge < -0.3 is 14.7 Å². The maximum absolute atomic E-state index is 12.1. The van der Waals surface area contributed by atoms with Gasteiger partial charge in [-0.25, -0.2) is 9.78 Å². The zero-order valence-corrected chi connectivity index (χ0v) is 13.8. The quantitative estimate of drug-likeness (QED) is 0.899. The van der Waals surface area contributed by atoms with Crippen LogP contribution in [0.25, 0.3) is 11.5 Å². The lowest BCUT2D eigenvalue weighted by Gasteiger charge is -2.32. The van der Waals surface area contributed by atoms with Crippen molar-refractivity contribution in [3.05, 3.63) is 24.5 Å². The molecule has 1 N–H and O–H groups in total. The Morgan fingerprint density at radius 2 is 2.38 bits per heavy atom. The van der Waals surface area contributed by atoms with Gasteiger partial charge in [0, 0.05) is 38.4 Å². The molecule has 2 aromatic rings. The van der Waals surface area contributed by atoms with Crippen LogP contribution in [0.5, 0.6) is 0 Å². The number of hydrogen-bond acceptors (Lipinski definition) is 6. The summed E-state index contributed by atoms with van der Waals surface area (Å²) in [5.41, 5.74) is 0.594. The summed E-state index contributed by atoms with van der Waals surface area (Å²) in [6, 6.07) is 0.0207. The van der Waals surface area contributed by atoms with Crippen molar-refractivity contribution in [3.8, 4) is 11.5 Å². The van der Waals surface area contributed by atoms with Crippen LogP contribution in [0.15, 0.2) is 23.1 Å². The van der Waals surface area contributed by atoms with Crippen LogP contribution in [0.3, 0.4) is 0 Å². The predicted octanol–water partition coefficient (Wildman–Crippen LogP) is 1.90. The molecule has 2 amide bonds. The Balaban J connectivity index is 1.58. The minimum Gasteiger partial charge on any atom is -0.339 e. The summed E-state index contributed by atoms with van der Waals surface area (Å²) in [6.45, 7) is 4.29. The molecule has 0 radical (unpaired) electrons. The Labute approximate surface area is 140 Å². The van der Waals surface area contributed by atoms with Crippen molar-refractivity contribution in [2.75, 3.05) is 19.6 Å². The van der Waals surface area contributed by atoms with Crippen LogP contribution in [0.2, 0.25) is 0 Å². The highest BCUT2D eigenvalue weighted by Gasteiger charge is 2.25. The molecule has 8 heteroatoms. The number of carbonyl (C=O) groups is 1. The van der Waals surface area contributed by atoms with E-state index < -0.39 is 0 Å². The number of urea groups is 1. The second-order valence-corrected chi connectivity index (χ2v) is 5.99. The second kappa shape index (κ2) is 7.85. The molecule has 0 saturated carbocycles. The zero-order valence-electron chi connectivity index (χ0n) is 13.8. The molecule has 1 aliphatic rings. The van der Waals surface area contributed by atoms with Crippen LogP contribution in [0, 0.1) is 5.92 Å². The first-order chi connectivity index (χ1) is 11.8. The van der Waals surface area contributed by atoms with Gasteiger partial charge in [-0.2, -0.15) is 4.98 Å². The molecule has 0 spiro atoms. The first-order valence-corrected chi connectivity index (χ1v) is 8.38. The van der Waals surface area contributed by atoms with Gasteiger partial charge in [-0.1, -0.05) is 12.1 Å².